The lowest BCUT2D eigenvalue weighted by molar-refractivity contribution is -0.896. The number of carbonyl (C=O) groups is 4. The van der Waals surface area contributed by atoms with Gasteiger partial charge in [-0.15, -0.1) is 0 Å². The second-order valence-electron chi connectivity index (χ2n) is 15.8. The lowest BCUT2D eigenvalue weighted by Crippen LogP contribution is -3.00. The van der Waals surface area contributed by atoms with E-state index in [1.54, 1.807) is 6.07 Å². The van der Waals surface area contributed by atoms with Crippen LogP contribution in [0.4, 0.5) is 0 Å². The summed E-state index contributed by atoms with van der Waals surface area (Å²) in [7, 11) is 8.94. The molecular formula is C39H52Br2N4O4. The maximum Gasteiger partial charge on any atom is 0.261 e. The van der Waals surface area contributed by atoms with Gasteiger partial charge in [-0.25, -0.2) is 0 Å². The number of fused-ring (bicyclic) bond motifs is 1. The van der Waals surface area contributed by atoms with Gasteiger partial charge in [0.15, 0.2) is 0 Å². The van der Waals surface area contributed by atoms with Crippen LogP contribution < -0.4 is 34.0 Å². The number of hydrogen-bond acceptors (Lipinski definition) is 4. The van der Waals surface area contributed by atoms with Crippen molar-refractivity contribution in [2.24, 2.45) is 5.41 Å². The average Bonchev–Trinajstić information content (AvgIpc) is 3.23. The highest BCUT2D eigenvalue weighted by molar-refractivity contribution is 6.25. The van der Waals surface area contributed by atoms with E-state index in [-0.39, 0.29) is 63.0 Å². The molecule has 3 aromatic carbocycles. The number of halogens is 2. The number of carbonyl (C=O) groups excluding carboxylic acids is 4. The van der Waals surface area contributed by atoms with E-state index in [2.05, 4.69) is 42.0 Å². The molecule has 2 heterocycles. The number of quaternary nitrogens is 2. The van der Waals surface area contributed by atoms with Crippen LogP contribution in [0, 0.1) is 12.3 Å². The van der Waals surface area contributed by atoms with Crippen molar-refractivity contribution >= 4 is 34.4 Å². The summed E-state index contributed by atoms with van der Waals surface area (Å²) in [6.07, 6.45) is 5.35. The topological polar surface area (TPSA) is 74.8 Å². The molecule has 0 unspecified atom stereocenters. The monoisotopic (exact) mass is 798 g/mol. The first-order valence-electron chi connectivity index (χ1n) is 17.1. The highest BCUT2D eigenvalue weighted by Gasteiger charge is 2.39. The summed E-state index contributed by atoms with van der Waals surface area (Å²) in [5, 5.41) is 1.70. The van der Waals surface area contributed by atoms with Gasteiger partial charge in [0.05, 0.1) is 65.5 Å². The van der Waals surface area contributed by atoms with Crippen molar-refractivity contribution in [1.82, 2.24) is 9.80 Å². The molecule has 266 valence electrons. The Morgan fingerprint density at radius 2 is 1.10 bits per heavy atom. The fourth-order valence-corrected chi connectivity index (χ4v) is 7.75. The van der Waals surface area contributed by atoms with E-state index < -0.39 is 0 Å². The van der Waals surface area contributed by atoms with Crippen LogP contribution in [-0.2, 0) is 0 Å². The summed E-state index contributed by atoms with van der Waals surface area (Å²) in [5.41, 5.74) is 3.03. The third-order valence-electron chi connectivity index (χ3n) is 9.85. The van der Waals surface area contributed by atoms with Crippen molar-refractivity contribution in [3.63, 3.8) is 0 Å². The van der Waals surface area contributed by atoms with E-state index in [4.69, 9.17) is 0 Å². The highest BCUT2D eigenvalue weighted by atomic mass is 79.9. The number of amides is 4. The van der Waals surface area contributed by atoms with Gasteiger partial charge in [0.1, 0.15) is 0 Å². The average molecular weight is 801 g/mol. The lowest BCUT2D eigenvalue weighted by atomic mass is 9.88. The Morgan fingerprint density at radius 1 is 0.592 bits per heavy atom. The molecule has 0 N–H and O–H groups in total. The molecule has 3 aromatic rings. The Bertz CT molecular complexity index is 1670. The molecule has 4 amide bonds. The molecule has 0 aliphatic carbocycles. The zero-order valence-electron chi connectivity index (χ0n) is 30.2. The molecule has 0 spiro atoms. The predicted molar refractivity (Wildman–Crippen MR) is 186 cm³/mol. The summed E-state index contributed by atoms with van der Waals surface area (Å²) < 4.78 is 1.69. The quantitative estimate of drug-likeness (QED) is 0.125. The summed E-state index contributed by atoms with van der Waals surface area (Å²) in [5.74, 6) is -0.728. The smallest absolute Gasteiger partial charge is 0.261 e. The van der Waals surface area contributed by atoms with Crippen molar-refractivity contribution in [1.29, 1.82) is 0 Å². The van der Waals surface area contributed by atoms with Gasteiger partial charge in [0.2, 0.25) is 0 Å². The summed E-state index contributed by atoms with van der Waals surface area (Å²) in [6.45, 7) is 10.9. The van der Waals surface area contributed by atoms with Gasteiger partial charge in [0, 0.05) is 41.4 Å². The van der Waals surface area contributed by atoms with Gasteiger partial charge >= 0.3 is 0 Å². The molecule has 0 radical (unpaired) electrons. The Balaban J connectivity index is 0.00000325. The van der Waals surface area contributed by atoms with Gasteiger partial charge < -0.3 is 42.9 Å². The van der Waals surface area contributed by atoms with Crippen molar-refractivity contribution in [3.8, 4) is 0 Å². The van der Waals surface area contributed by atoms with E-state index in [9.17, 15) is 19.2 Å². The van der Waals surface area contributed by atoms with Gasteiger partial charge in [-0.05, 0) is 62.3 Å². The number of benzene rings is 3. The Kier molecular flexibility index (Phi) is 13.2. The maximum atomic E-state index is 13.5. The molecule has 2 aliphatic heterocycles. The number of rotatable bonds is 15. The van der Waals surface area contributed by atoms with Crippen LogP contribution in [0.2, 0.25) is 0 Å². The second-order valence-corrected chi connectivity index (χ2v) is 15.8. The molecule has 0 bridgehead atoms. The molecule has 5 rings (SSSR count). The molecule has 0 atom stereocenters. The molecule has 49 heavy (non-hydrogen) atoms. The van der Waals surface area contributed by atoms with Crippen LogP contribution in [-0.4, -0.2) is 110 Å². The third kappa shape index (κ3) is 9.25. The fraction of sp³-hybridized carbons (Fsp3) is 0.487. The van der Waals surface area contributed by atoms with Gasteiger partial charge in [-0.1, -0.05) is 49.7 Å². The summed E-state index contributed by atoms with van der Waals surface area (Å²) in [6, 6.07) is 16.8. The number of nitrogens with zero attached hydrogens (tertiary/aromatic N) is 4. The first kappa shape index (κ1) is 40.5. The summed E-state index contributed by atoms with van der Waals surface area (Å²) in [4.78, 5) is 55.3. The molecule has 0 saturated heterocycles. The van der Waals surface area contributed by atoms with Crippen LogP contribution in [0.15, 0.2) is 54.6 Å². The minimum atomic E-state index is -0.247. The minimum absolute atomic E-state index is 0. The number of aryl methyl sites for hydroxylation is 1. The Labute approximate surface area is 313 Å². The molecule has 8 nitrogen and oxygen atoms in total. The van der Waals surface area contributed by atoms with Crippen LogP contribution in [0.5, 0.6) is 0 Å². The largest absolute Gasteiger partial charge is 1.00 e. The Morgan fingerprint density at radius 3 is 1.69 bits per heavy atom. The molecule has 2 aliphatic rings. The minimum Gasteiger partial charge on any atom is -1.00 e. The standard InChI is InChI=1S/C39H52N4O4.2BrH/c1-28-19-20-30-33(25-28)38(47)40(35(30)44)21-14-24-42(4,5)22-10-8-9-11-23-43(6,7)27-39(2,3)26-41-36(45)31-17-12-15-29-16-13-18-32(34(29)31)37(41)46;;/h12-13,15-20,25H,8-11,14,21-24,26-27H2,1-7H3;2*1H/q+2;;/p-2. The Hall–Kier alpha value is -2.92. The van der Waals surface area contributed by atoms with Crippen molar-refractivity contribution in [3.05, 3.63) is 82.4 Å². The maximum absolute atomic E-state index is 13.5. The fourth-order valence-electron chi connectivity index (χ4n) is 7.75. The highest BCUT2D eigenvalue weighted by Crippen LogP contribution is 2.32. The number of unbranched alkanes of at least 4 members (excludes halogenated alkanes) is 3. The van der Waals surface area contributed by atoms with E-state index in [1.807, 2.05) is 55.5 Å². The predicted octanol–water partition coefficient (Wildman–Crippen LogP) is 0.178. The molecule has 0 saturated carbocycles. The van der Waals surface area contributed by atoms with E-state index in [0.29, 0.717) is 35.3 Å². The SMILES string of the molecule is Cc1ccc2c(c1)C(=O)N(CCC[N+](C)(C)CCCCCC[N+](C)(C)CC(C)(C)CN1C(=O)c3cccc4cccc(c34)C1=O)C2=O.[Br-].[Br-]. The van der Waals surface area contributed by atoms with Gasteiger partial charge in [-0.2, -0.15) is 0 Å². The van der Waals surface area contributed by atoms with Crippen LogP contribution in [0.3, 0.4) is 0 Å². The molecule has 0 aromatic heterocycles. The lowest BCUT2D eigenvalue weighted by Gasteiger charge is -2.40. The molecule has 0 fully saturated rings. The third-order valence-corrected chi connectivity index (χ3v) is 9.85. The van der Waals surface area contributed by atoms with Gasteiger partial charge in [-0.3, -0.25) is 29.0 Å². The number of imide groups is 2. The normalized spacial score (nSPS) is 14.7. The van der Waals surface area contributed by atoms with E-state index >= 15 is 0 Å². The zero-order valence-corrected chi connectivity index (χ0v) is 33.3. The first-order valence-corrected chi connectivity index (χ1v) is 17.1. The van der Waals surface area contributed by atoms with Crippen LogP contribution >= 0.6 is 0 Å². The first-order chi connectivity index (χ1) is 22.1. The van der Waals surface area contributed by atoms with Crippen molar-refractivity contribution < 1.29 is 62.1 Å². The van der Waals surface area contributed by atoms with E-state index in [0.717, 1.165) is 83.6 Å². The van der Waals surface area contributed by atoms with Crippen molar-refractivity contribution in [2.75, 3.05) is 67.5 Å². The molecular weight excluding hydrogens is 748 g/mol. The van der Waals surface area contributed by atoms with E-state index in [1.165, 1.54) is 9.80 Å². The second kappa shape index (κ2) is 16.0. The number of hydrogen-bond donors (Lipinski definition) is 0. The van der Waals surface area contributed by atoms with Crippen molar-refractivity contribution in [2.45, 2.75) is 52.9 Å². The van der Waals surface area contributed by atoms with Gasteiger partial charge in [0.25, 0.3) is 23.6 Å². The van der Waals surface area contributed by atoms with Crippen LogP contribution in [0.25, 0.3) is 10.8 Å². The summed E-state index contributed by atoms with van der Waals surface area (Å²) >= 11 is 0. The zero-order chi connectivity index (χ0) is 34.1. The van der Waals surface area contributed by atoms with Crippen LogP contribution in [0.1, 0.15) is 92.9 Å². The molecule has 10 heteroatoms.